The van der Waals surface area contributed by atoms with Gasteiger partial charge >= 0.3 is 0 Å². The van der Waals surface area contributed by atoms with Gasteiger partial charge in [-0.2, -0.15) is 0 Å². The van der Waals surface area contributed by atoms with Gasteiger partial charge in [-0.1, -0.05) is 24.3 Å². The van der Waals surface area contributed by atoms with E-state index in [4.69, 9.17) is 0 Å². The Labute approximate surface area is 140 Å². The maximum Gasteiger partial charge on any atom is 0.270 e. The molecule has 0 saturated carbocycles. The Bertz CT molecular complexity index is 836. The first-order chi connectivity index (χ1) is 11.7. The molecule has 0 aliphatic rings. The predicted octanol–water partition coefficient (Wildman–Crippen LogP) is 2.85. The van der Waals surface area contributed by atoms with Gasteiger partial charge in [-0.3, -0.25) is 9.78 Å². The molecule has 2 aromatic heterocycles. The summed E-state index contributed by atoms with van der Waals surface area (Å²) in [6, 6.07) is 15.1. The SMILES string of the molecule is Cc1ccccc1Nc1cc(C(=O)NCc2ccccn2)ncn1. The number of aryl methyl sites for hydroxylation is 1. The minimum Gasteiger partial charge on any atom is -0.345 e. The number of rotatable bonds is 5. The molecule has 0 fully saturated rings. The first-order valence-electron chi connectivity index (χ1n) is 7.55. The Balaban J connectivity index is 1.68. The van der Waals surface area contributed by atoms with Gasteiger partial charge in [0.25, 0.3) is 5.91 Å². The number of amides is 1. The molecule has 3 aromatic rings. The van der Waals surface area contributed by atoms with E-state index in [0.29, 0.717) is 18.1 Å². The summed E-state index contributed by atoms with van der Waals surface area (Å²) in [6.07, 6.45) is 3.06. The minimum absolute atomic E-state index is 0.268. The first-order valence-corrected chi connectivity index (χ1v) is 7.55. The zero-order chi connectivity index (χ0) is 16.8. The number of nitrogens with one attached hydrogen (secondary N) is 2. The number of hydrogen-bond acceptors (Lipinski definition) is 5. The van der Waals surface area contributed by atoms with Gasteiger partial charge in [-0.15, -0.1) is 0 Å². The fourth-order valence-electron chi connectivity index (χ4n) is 2.17. The third-order valence-electron chi connectivity index (χ3n) is 3.46. The summed E-state index contributed by atoms with van der Waals surface area (Å²) >= 11 is 0. The lowest BCUT2D eigenvalue weighted by Gasteiger charge is -2.09. The van der Waals surface area contributed by atoms with Gasteiger partial charge in [-0.25, -0.2) is 9.97 Å². The summed E-state index contributed by atoms with van der Waals surface area (Å²) in [4.78, 5) is 24.6. The van der Waals surface area contributed by atoms with Crippen LogP contribution in [-0.2, 0) is 6.54 Å². The molecule has 0 unspecified atom stereocenters. The Hall–Kier alpha value is -3.28. The summed E-state index contributed by atoms with van der Waals surface area (Å²) in [6.45, 7) is 2.36. The van der Waals surface area contributed by atoms with E-state index in [-0.39, 0.29) is 5.91 Å². The number of anilines is 2. The highest BCUT2D eigenvalue weighted by Gasteiger charge is 2.09. The van der Waals surface area contributed by atoms with Crippen molar-refractivity contribution in [1.29, 1.82) is 0 Å². The monoisotopic (exact) mass is 319 g/mol. The van der Waals surface area contributed by atoms with Crippen LogP contribution in [-0.4, -0.2) is 20.9 Å². The van der Waals surface area contributed by atoms with Crippen molar-refractivity contribution in [3.05, 3.63) is 78.0 Å². The van der Waals surface area contributed by atoms with Crippen molar-refractivity contribution in [2.45, 2.75) is 13.5 Å². The molecule has 2 N–H and O–H groups in total. The smallest absolute Gasteiger partial charge is 0.270 e. The molecular weight excluding hydrogens is 302 g/mol. The third-order valence-corrected chi connectivity index (χ3v) is 3.46. The molecule has 0 saturated heterocycles. The van der Waals surface area contributed by atoms with E-state index in [9.17, 15) is 4.79 Å². The summed E-state index contributed by atoms with van der Waals surface area (Å²) in [7, 11) is 0. The average molecular weight is 319 g/mol. The van der Waals surface area contributed by atoms with Crippen LogP contribution in [0.3, 0.4) is 0 Å². The van der Waals surface area contributed by atoms with Gasteiger partial charge in [0.05, 0.1) is 12.2 Å². The normalized spacial score (nSPS) is 10.2. The second kappa shape index (κ2) is 7.32. The van der Waals surface area contributed by atoms with E-state index in [1.54, 1.807) is 12.3 Å². The Morgan fingerprint density at radius 2 is 1.88 bits per heavy atom. The van der Waals surface area contributed by atoms with Crippen molar-refractivity contribution < 1.29 is 4.79 Å². The summed E-state index contributed by atoms with van der Waals surface area (Å²) < 4.78 is 0. The van der Waals surface area contributed by atoms with Crippen molar-refractivity contribution in [1.82, 2.24) is 20.3 Å². The van der Waals surface area contributed by atoms with E-state index < -0.39 is 0 Å². The first kappa shape index (κ1) is 15.6. The van der Waals surface area contributed by atoms with E-state index in [0.717, 1.165) is 16.9 Å². The molecule has 0 radical (unpaired) electrons. The Kier molecular flexibility index (Phi) is 4.76. The highest BCUT2D eigenvalue weighted by Crippen LogP contribution is 2.18. The van der Waals surface area contributed by atoms with Crippen molar-refractivity contribution in [2.75, 3.05) is 5.32 Å². The number of aromatic nitrogens is 3. The van der Waals surface area contributed by atoms with Crippen LogP contribution in [0.25, 0.3) is 0 Å². The molecule has 0 bridgehead atoms. The number of para-hydroxylation sites is 1. The minimum atomic E-state index is -0.268. The number of carbonyl (C=O) groups excluding carboxylic acids is 1. The summed E-state index contributed by atoms with van der Waals surface area (Å²) in [5, 5.41) is 6.00. The number of carbonyl (C=O) groups is 1. The summed E-state index contributed by atoms with van der Waals surface area (Å²) in [5.41, 5.74) is 3.13. The molecule has 0 spiro atoms. The zero-order valence-electron chi connectivity index (χ0n) is 13.2. The van der Waals surface area contributed by atoms with E-state index in [1.165, 1.54) is 6.33 Å². The highest BCUT2D eigenvalue weighted by molar-refractivity contribution is 5.92. The van der Waals surface area contributed by atoms with Gasteiger partial charge in [0.15, 0.2) is 0 Å². The summed E-state index contributed by atoms with van der Waals surface area (Å²) in [5.74, 6) is 0.304. The lowest BCUT2D eigenvalue weighted by Crippen LogP contribution is -2.24. The van der Waals surface area contributed by atoms with Gasteiger partial charge in [0.1, 0.15) is 17.8 Å². The molecule has 120 valence electrons. The van der Waals surface area contributed by atoms with E-state index >= 15 is 0 Å². The van der Waals surface area contributed by atoms with Crippen molar-refractivity contribution in [2.24, 2.45) is 0 Å². The number of pyridine rings is 1. The van der Waals surface area contributed by atoms with E-state index in [1.807, 2.05) is 49.4 Å². The molecule has 0 aliphatic heterocycles. The van der Waals surface area contributed by atoms with Gasteiger partial charge in [0, 0.05) is 18.0 Å². The topological polar surface area (TPSA) is 79.8 Å². The zero-order valence-corrected chi connectivity index (χ0v) is 13.2. The van der Waals surface area contributed by atoms with Crippen molar-refractivity contribution in [3.63, 3.8) is 0 Å². The molecule has 1 aromatic carbocycles. The third kappa shape index (κ3) is 3.92. The lowest BCUT2D eigenvalue weighted by molar-refractivity contribution is 0.0945. The fraction of sp³-hybridized carbons (Fsp3) is 0.111. The highest BCUT2D eigenvalue weighted by atomic mass is 16.1. The maximum atomic E-state index is 12.2. The van der Waals surface area contributed by atoms with Crippen LogP contribution in [0, 0.1) is 6.92 Å². The molecule has 0 aliphatic carbocycles. The molecule has 0 atom stereocenters. The van der Waals surface area contributed by atoms with Crippen molar-refractivity contribution >= 4 is 17.4 Å². The van der Waals surface area contributed by atoms with Crippen LogP contribution in [0.1, 0.15) is 21.7 Å². The van der Waals surface area contributed by atoms with E-state index in [2.05, 4.69) is 25.6 Å². The second-order valence-electron chi connectivity index (χ2n) is 5.23. The predicted molar refractivity (Wildman–Crippen MR) is 91.9 cm³/mol. The van der Waals surface area contributed by atoms with Crippen LogP contribution < -0.4 is 10.6 Å². The maximum absolute atomic E-state index is 12.2. The van der Waals surface area contributed by atoms with Crippen LogP contribution in [0.5, 0.6) is 0 Å². The number of nitrogens with zero attached hydrogens (tertiary/aromatic N) is 3. The average Bonchev–Trinajstić information content (AvgIpc) is 2.63. The molecular formula is C18H17N5O. The second-order valence-corrected chi connectivity index (χ2v) is 5.23. The number of hydrogen-bond donors (Lipinski definition) is 2. The Morgan fingerprint density at radius 3 is 2.67 bits per heavy atom. The van der Waals surface area contributed by atoms with Crippen molar-refractivity contribution in [3.8, 4) is 0 Å². The molecule has 3 rings (SSSR count). The lowest BCUT2D eigenvalue weighted by atomic mass is 10.2. The molecule has 1 amide bonds. The van der Waals surface area contributed by atoms with Crippen LogP contribution in [0.4, 0.5) is 11.5 Å². The largest absolute Gasteiger partial charge is 0.345 e. The van der Waals surface area contributed by atoms with Gasteiger partial charge in [-0.05, 0) is 30.7 Å². The standard InChI is InChI=1S/C18H17N5O/c1-13-6-2-3-8-15(13)23-17-10-16(21-12-22-17)18(24)20-11-14-7-4-5-9-19-14/h2-10,12H,11H2,1H3,(H,20,24)(H,21,22,23). The molecule has 24 heavy (non-hydrogen) atoms. The molecule has 6 heteroatoms. The van der Waals surface area contributed by atoms with Gasteiger partial charge in [0.2, 0.25) is 0 Å². The van der Waals surface area contributed by atoms with Crippen LogP contribution >= 0.6 is 0 Å². The Morgan fingerprint density at radius 1 is 1.04 bits per heavy atom. The van der Waals surface area contributed by atoms with Crippen LogP contribution in [0.15, 0.2) is 61.1 Å². The molecule has 2 heterocycles. The molecule has 6 nitrogen and oxygen atoms in total. The quantitative estimate of drug-likeness (QED) is 0.756. The fourth-order valence-corrected chi connectivity index (χ4v) is 2.17. The van der Waals surface area contributed by atoms with Gasteiger partial charge < -0.3 is 10.6 Å². The van der Waals surface area contributed by atoms with Crippen LogP contribution in [0.2, 0.25) is 0 Å². The number of benzene rings is 1.